The molecule has 3 aromatic rings. The Hall–Kier alpha value is -3.80. The molecular weight excluding hydrogens is 406 g/mol. The number of amides is 1. The van der Waals surface area contributed by atoms with Crippen molar-refractivity contribution in [3.05, 3.63) is 82.1 Å². The van der Waals surface area contributed by atoms with Crippen LogP contribution in [0, 0.1) is 11.3 Å². The molecule has 1 amide bonds. The average Bonchev–Trinajstić information content (AvgIpc) is 2.85. The predicted molar refractivity (Wildman–Crippen MR) is 119 cm³/mol. The van der Waals surface area contributed by atoms with Crippen LogP contribution in [0.3, 0.4) is 0 Å². The molecule has 1 saturated heterocycles. The van der Waals surface area contributed by atoms with Crippen molar-refractivity contribution < 1.29 is 9.53 Å². The number of para-hydroxylation sites is 1. The van der Waals surface area contributed by atoms with Crippen molar-refractivity contribution in [3.8, 4) is 23.0 Å². The third kappa shape index (κ3) is 4.44. The number of nitriles is 1. The fourth-order valence-corrected chi connectivity index (χ4v) is 3.65. The number of ether oxygens (including phenoxy) is 1. The maximum Gasteiger partial charge on any atom is 0.284 e. The molecule has 8 heteroatoms. The van der Waals surface area contributed by atoms with Gasteiger partial charge in [-0.05, 0) is 25.1 Å². The lowest BCUT2D eigenvalue weighted by Crippen LogP contribution is -2.51. The standard InChI is InChI=1S/C24H23N5O3/c1-17(28-11-13-32-14-12-28)26-23(30)20-15-21(18-7-3-2-4-8-18)27-29(24(20)31)22-10-6-5-9-19(22)16-25/h2-10,15,17H,11-14H2,1H3,(H,26,30). The van der Waals surface area contributed by atoms with E-state index in [9.17, 15) is 14.9 Å². The summed E-state index contributed by atoms with van der Waals surface area (Å²) >= 11 is 0. The SMILES string of the molecule is CC(NC(=O)c1cc(-c2ccccc2)nn(-c2ccccc2C#N)c1=O)N1CCOCC1. The lowest BCUT2D eigenvalue weighted by molar-refractivity contribution is 0.0133. The minimum absolute atomic E-state index is 0.0355. The summed E-state index contributed by atoms with van der Waals surface area (Å²) in [5.74, 6) is -0.489. The van der Waals surface area contributed by atoms with Gasteiger partial charge in [-0.15, -0.1) is 0 Å². The van der Waals surface area contributed by atoms with Gasteiger partial charge in [0.1, 0.15) is 11.6 Å². The first-order chi connectivity index (χ1) is 15.6. The van der Waals surface area contributed by atoms with Gasteiger partial charge >= 0.3 is 0 Å². The monoisotopic (exact) mass is 429 g/mol. The highest BCUT2D eigenvalue weighted by Crippen LogP contribution is 2.19. The van der Waals surface area contributed by atoms with Crippen LogP contribution in [0.5, 0.6) is 0 Å². The number of hydrogen-bond acceptors (Lipinski definition) is 6. The molecule has 1 aliphatic rings. The summed E-state index contributed by atoms with van der Waals surface area (Å²) in [6.45, 7) is 4.49. The third-order valence-electron chi connectivity index (χ3n) is 5.41. The molecule has 1 aliphatic heterocycles. The summed E-state index contributed by atoms with van der Waals surface area (Å²) in [4.78, 5) is 28.6. The summed E-state index contributed by atoms with van der Waals surface area (Å²) in [5, 5.41) is 16.9. The van der Waals surface area contributed by atoms with Gasteiger partial charge in [0.05, 0.1) is 36.3 Å². The van der Waals surface area contributed by atoms with Crippen LogP contribution in [0.25, 0.3) is 16.9 Å². The molecule has 1 aromatic heterocycles. The van der Waals surface area contributed by atoms with Gasteiger partial charge in [0.2, 0.25) is 0 Å². The van der Waals surface area contributed by atoms with E-state index in [0.717, 1.165) is 10.2 Å². The minimum Gasteiger partial charge on any atom is -0.379 e. The molecule has 1 atom stereocenters. The van der Waals surface area contributed by atoms with Crippen LogP contribution >= 0.6 is 0 Å². The van der Waals surface area contributed by atoms with Gasteiger partial charge in [0.25, 0.3) is 11.5 Å². The van der Waals surface area contributed by atoms with Crippen LogP contribution in [0.2, 0.25) is 0 Å². The molecule has 0 spiro atoms. The molecule has 1 unspecified atom stereocenters. The van der Waals surface area contributed by atoms with E-state index in [1.54, 1.807) is 24.3 Å². The normalized spacial score (nSPS) is 15.0. The zero-order valence-electron chi connectivity index (χ0n) is 17.7. The first kappa shape index (κ1) is 21.4. The van der Waals surface area contributed by atoms with Gasteiger partial charge < -0.3 is 10.1 Å². The second-order valence-corrected chi connectivity index (χ2v) is 7.45. The van der Waals surface area contributed by atoms with Gasteiger partial charge in [-0.25, -0.2) is 0 Å². The Morgan fingerprint density at radius 1 is 1.12 bits per heavy atom. The molecule has 0 radical (unpaired) electrons. The van der Waals surface area contributed by atoms with Crippen LogP contribution < -0.4 is 10.9 Å². The molecule has 2 heterocycles. The summed E-state index contributed by atoms with van der Waals surface area (Å²) in [5.41, 5.74) is 1.22. The molecule has 1 fully saturated rings. The lowest BCUT2D eigenvalue weighted by atomic mass is 10.1. The van der Waals surface area contributed by atoms with E-state index in [2.05, 4.69) is 21.4 Å². The molecule has 2 aromatic carbocycles. The van der Waals surface area contributed by atoms with Gasteiger partial charge in [0, 0.05) is 18.7 Å². The second kappa shape index (κ2) is 9.56. The molecule has 0 aliphatic carbocycles. The van der Waals surface area contributed by atoms with Crippen molar-refractivity contribution >= 4 is 5.91 Å². The molecular formula is C24H23N5O3. The van der Waals surface area contributed by atoms with Crippen LogP contribution in [-0.4, -0.2) is 53.1 Å². The van der Waals surface area contributed by atoms with E-state index in [-0.39, 0.29) is 11.7 Å². The molecule has 8 nitrogen and oxygen atoms in total. The maximum atomic E-state index is 13.3. The number of hydrogen-bond donors (Lipinski definition) is 1. The fraction of sp³-hybridized carbons (Fsp3) is 0.250. The van der Waals surface area contributed by atoms with Crippen LogP contribution in [0.15, 0.2) is 65.5 Å². The van der Waals surface area contributed by atoms with E-state index in [0.29, 0.717) is 43.2 Å². The fourth-order valence-electron chi connectivity index (χ4n) is 3.65. The first-order valence-corrected chi connectivity index (χ1v) is 10.4. The number of nitrogens with zero attached hydrogens (tertiary/aromatic N) is 4. The van der Waals surface area contributed by atoms with E-state index in [4.69, 9.17) is 4.74 Å². The second-order valence-electron chi connectivity index (χ2n) is 7.45. The number of rotatable bonds is 5. The quantitative estimate of drug-likeness (QED) is 0.667. The summed E-state index contributed by atoms with van der Waals surface area (Å²) in [6, 6.07) is 19.6. The molecule has 1 N–H and O–H groups in total. The molecule has 4 rings (SSSR count). The van der Waals surface area contributed by atoms with Gasteiger partial charge in [-0.2, -0.15) is 15.0 Å². The van der Waals surface area contributed by atoms with Gasteiger partial charge in [-0.1, -0.05) is 42.5 Å². The molecule has 0 saturated carbocycles. The van der Waals surface area contributed by atoms with E-state index in [1.165, 1.54) is 6.07 Å². The lowest BCUT2D eigenvalue weighted by Gasteiger charge is -2.32. The zero-order chi connectivity index (χ0) is 22.5. The molecule has 162 valence electrons. The van der Waals surface area contributed by atoms with Crippen molar-refractivity contribution in [1.82, 2.24) is 20.0 Å². The minimum atomic E-state index is -0.584. The number of carbonyl (C=O) groups excluding carboxylic acids is 1. The van der Waals surface area contributed by atoms with Crippen molar-refractivity contribution in [1.29, 1.82) is 5.26 Å². The highest BCUT2D eigenvalue weighted by atomic mass is 16.5. The van der Waals surface area contributed by atoms with Crippen molar-refractivity contribution in [3.63, 3.8) is 0 Å². The van der Waals surface area contributed by atoms with Crippen LogP contribution in [0.4, 0.5) is 0 Å². The Labute approximate surface area is 185 Å². The predicted octanol–water partition coefficient (Wildman–Crippen LogP) is 2.18. The Kier molecular flexibility index (Phi) is 6.40. The van der Waals surface area contributed by atoms with E-state index >= 15 is 0 Å². The van der Waals surface area contributed by atoms with Crippen LogP contribution in [-0.2, 0) is 4.74 Å². The van der Waals surface area contributed by atoms with Crippen LogP contribution in [0.1, 0.15) is 22.8 Å². The molecule has 0 bridgehead atoms. The number of nitrogens with one attached hydrogen (secondary N) is 1. The number of morpholine rings is 1. The van der Waals surface area contributed by atoms with Gasteiger partial charge in [-0.3, -0.25) is 14.5 Å². The summed E-state index contributed by atoms with van der Waals surface area (Å²) in [7, 11) is 0. The highest BCUT2D eigenvalue weighted by molar-refractivity contribution is 5.95. The van der Waals surface area contributed by atoms with Crippen molar-refractivity contribution in [2.45, 2.75) is 13.1 Å². The Bertz CT molecular complexity index is 1210. The highest BCUT2D eigenvalue weighted by Gasteiger charge is 2.23. The Balaban J connectivity index is 1.78. The zero-order valence-corrected chi connectivity index (χ0v) is 17.7. The largest absolute Gasteiger partial charge is 0.379 e. The smallest absolute Gasteiger partial charge is 0.284 e. The number of benzene rings is 2. The first-order valence-electron chi connectivity index (χ1n) is 10.4. The maximum absolute atomic E-state index is 13.3. The summed E-state index contributed by atoms with van der Waals surface area (Å²) in [6.07, 6.45) is -0.265. The number of carbonyl (C=O) groups is 1. The topological polar surface area (TPSA) is 100 Å². The number of aromatic nitrogens is 2. The van der Waals surface area contributed by atoms with E-state index < -0.39 is 11.5 Å². The van der Waals surface area contributed by atoms with Gasteiger partial charge in [0.15, 0.2) is 0 Å². The Morgan fingerprint density at radius 2 is 1.81 bits per heavy atom. The van der Waals surface area contributed by atoms with Crippen molar-refractivity contribution in [2.75, 3.05) is 26.3 Å². The third-order valence-corrected chi connectivity index (χ3v) is 5.41. The molecule has 32 heavy (non-hydrogen) atoms. The summed E-state index contributed by atoms with van der Waals surface area (Å²) < 4.78 is 6.50. The average molecular weight is 429 g/mol. The van der Waals surface area contributed by atoms with E-state index in [1.807, 2.05) is 37.3 Å². The Morgan fingerprint density at radius 3 is 2.53 bits per heavy atom. The van der Waals surface area contributed by atoms with Crippen molar-refractivity contribution in [2.24, 2.45) is 0 Å².